The minimum Gasteiger partial charge on any atom is -0.480 e. The number of carboxylic acids is 1. The van der Waals surface area contributed by atoms with Crippen molar-refractivity contribution in [3.05, 3.63) is 27.1 Å². The molecule has 2 aromatic heterocycles. The van der Waals surface area contributed by atoms with Crippen molar-refractivity contribution in [1.82, 2.24) is 14.9 Å². The molecule has 0 saturated heterocycles. The lowest BCUT2D eigenvalue weighted by atomic mass is 10.2. The van der Waals surface area contributed by atoms with Gasteiger partial charge in [0.2, 0.25) is 5.91 Å². The van der Waals surface area contributed by atoms with Crippen LogP contribution in [0, 0.1) is 13.8 Å². The predicted molar refractivity (Wildman–Crippen MR) is 74.0 cm³/mol. The minimum absolute atomic E-state index is 0.247. The molecule has 2 aromatic rings. The number of fused-ring (bicyclic) bond motifs is 1. The van der Waals surface area contributed by atoms with Crippen LogP contribution in [0.15, 0.2) is 11.1 Å². The molecule has 8 heteroatoms. The van der Waals surface area contributed by atoms with Crippen LogP contribution in [-0.2, 0) is 16.1 Å². The summed E-state index contributed by atoms with van der Waals surface area (Å²) in [7, 11) is 0. The number of rotatable bonds is 4. The van der Waals surface area contributed by atoms with E-state index < -0.39 is 18.4 Å². The largest absolute Gasteiger partial charge is 0.480 e. The Morgan fingerprint density at radius 2 is 2.15 bits per heavy atom. The second kappa shape index (κ2) is 5.41. The number of hydrogen-bond donors (Lipinski definition) is 2. The number of aryl methyl sites for hydroxylation is 2. The highest BCUT2D eigenvalue weighted by Gasteiger charge is 2.13. The van der Waals surface area contributed by atoms with E-state index in [2.05, 4.69) is 10.3 Å². The number of carbonyl (C=O) groups is 2. The van der Waals surface area contributed by atoms with Gasteiger partial charge < -0.3 is 10.4 Å². The van der Waals surface area contributed by atoms with Crippen LogP contribution in [0.5, 0.6) is 0 Å². The van der Waals surface area contributed by atoms with Crippen LogP contribution in [0.3, 0.4) is 0 Å². The molecule has 0 bridgehead atoms. The third-order valence-corrected chi connectivity index (χ3v) is 4.02. The summed E-state index contributed by atoms with van der Waals surface area (Å²) in [6, 6.07) is 0. The molecule has 0 atom stereocenters. The van der Waals surface area contributed by atoms with Gasteiger partial charge in [-0.05, 0) is 19.4 Å². The fourth-order valence-corrected chi connectivity index (χ4v) is 2.75. The van der Waals surface area contributed by atoms with Gasteiger partial charge in [-0.3, -0.25) is 19.0 Å². The molecule has 2 rings (SSSR count). The molecule has 2 heterocycles. The highest BCUT2D eigenvalue weighted by molar-refractivity contribution is 7.18. The number of carboxylic acid groups (broad SMARTS) is 1. The van der Waals surface area contributed by atoms with E-state index in [1.165, 1.54) is 22.2 Å². The maximum absolute atomic E-state index is 12.3. The van der Waals surface area contributed by atoms with Crippen LogP contribution in [-0.4, -0.2) is 33.1 Å². The number of amides is 1. The van der Waals surface area contributed by atoms with Crippen molar-refractivity contribution < 1.29 is 14.7 Å². The zero-order chi connectivity index (χ0) is 14.9. The highest BCUT2D eigenvalue weighted by Crippen LogP contribution is 2.25. The van der Waals surface area contributed by atoms with Gasteiger partial charge in [-0.1, -0.05) is 0 Å². The topological polar surface area (TPSA) is 101 Å². The van der Waals surface area contributed by atoms with Crippen LogP contribution >= 0.6 is 11.3 Å². The summed E-state index contributed by atoms with van der Waals surface area (Å²) in [5.41, 5.74) is 0.574. The molecule has 0 fully saturated rings. The Morgan fingerprint density at radius 1 is 1.45 bits per heavy atom. The fourth-order valence-electron chi connectivity index (χ4n) is 1.77. The van der Waals surface area contributed by atoms with E-state index >= 15 is 0 Å². The number of nitrogens with one attached hydrogen (secondary N) is 1. The van der Waals surface area contributed by atoms with E-state index in [9.17, 15) is 14.4 Å². The lowest BCUT2D eigenvalue weighted by molar-refractivity contribution is -0.138. The van der Waals surface area contributed by atoms with Gasteiger partial charge in [-0.15, -0.1) is 11.3 Å². The van der Waals surface area contributed by atoms with E-state index in [-0.39, 0.29) is 12.1 Å². The molecule has 0 aliphatic carbocycles. The Labute approximate surface area is 117 Å². The molecule has 0 spiro atoms. The summed E-state index contributed by atoms with van der Waals surface area (Å²) >= 11 is 1.43. The van der Waals surface area contributed by atoms with Crippen molar-refractivity contribution in [3.8, 4) is 0 Å². The SMILES string of the molecule is Cc1sc2ncn(CC(=O)NCC(=O)O)c(=O)c2c1C. The quantitative estimate of drug-likeness (QED) is 0.843. The minimum atomic E-state index is -1.14. The second-order valence-electron chi connectivity index (χ2n) is 4.31. The summed E-state index contributed by atoms with van der Waals surface area (Å²) in [6.45, 7) is 3.03. The van der Waals surface area contributed by atoms with E-state index in [4.69, 9.17) is 5.11 Å². The van der Waals surface area contributed by atoms with Crippen molar-refractivity contribution in [2.24, 2.45) is 0 Å². The monoisotopic (exact) mass is 295 g/mol. The molecule has 0 aliphatic heterocycles. The first-order valence-electron chi connectivity index (χ1n) is 5.83. The van der Waals surface area contributed by atoms with E-state index in [0.717, 1.165) is 10.4 Å². The molecule has 0 unspecified atom stereocenters. The van der Waals surface area contributed by atoms with Gasteiger partial charge in [0, 0.05) is 4.88 Å². The smallest absolute Gasteiger partial charge is 0.322 e. The Balaban J connectivity index is 2.30. The van der Waals surface area contributed by atoms with Crippen LogP contribution in [0.1, 0.15) is 10.4 Å². The van der Waals surface area contributed by atoms with Crippen LogP contribution in [0.2, 0.25) is 0 Å². The summed E-state index contributed by atoms with van der Waals surface area (Å²) in [5.74, 6) is -1.68. The average molecular weight is 295 g/mol. The molecule has 0 saturated carbocycles. The molecule has 7 nitrogen and oxygen atoms in total. The Hall–Kier alpha value is -2.22. The van der Waals surface area contributed by atoms with E-state index in [1.54, 1.807) is 0 Å². The van der Waals surface area contributed by atoms with Crippen molar-refractivity contribution in [3.63, 3.8) is 0 Å². The third kappa shape index (κ3) is 2.69. The predicted octanol–water partition coefficient (Wildman–Crippen LogP) is 0.276. The van der Waals surface area contributed by atoms with Crippen LogP contribution in [0.25, 0.3) is 10.2 Å². The molecule has 0 radical (unpaired) electrons. The molecule has 0 aromatic carbocycles. The first-order valence-corrected chi connectivity index (χ1v) is 6.65. The van der Waals surface area contributed by atoms with Crippen LogP contribution < -0.4 is 10.9 Å². The van der Waals surface area contributed by atoms with Gasteiger partial charge in [0.15, 0.2) is 0 Å². The van der Waals surface area contributed by atoms with Gasteiger partial charge >= 0.3 is 5.97 Å². The van der Waals surface area contributed by atoms with Crippen molar-refractivity contribution in [1.29, 1.82) is 0 Å². The van der Waals surface area contributed by atoms with E-state index in [1.807, 2.05) is 13.8 Å². The number of thiophene rings is 1. The zero-order valence-electron chi connectivity index (χ0n) is 11.0. The molecule has 106 valence electrons. The first-order chi connectivity index (χ1) is 9.40. The number of nitrogens with zero attached hydrogens (tertiary/aromatic N) is 2. The zero-order valence-corrected chi connectivity index (χ0v) is 11.8. The first kappa shape index (κ1) is 14.2. The van der Waals surface area contributed by atoms with Gasteiger partial charge in [0.05, 0.1) is 11.7 Å². The van der Waals surface area contributed by atoms with Gasteiger partial charge in [-0.2, -0.15) is 0 Å². The fraction of sp³-hybridized carbons (Fsp3) is 0.333. The Kier molecular flexibility index (Phi) is 3.84. The summed E-state index contributed by atoms with van der Waals surface area (Å²) < 4.78 is 1.18. The van der Waals surface area contributed by atoms with Crippen molar-refractivity contribution >= 4 is 33.4 Å². The summed E-state index contributed by atoms with van der Waals surface area (Å²) in [6.07, 6.45) is 1.31. The maximum Gasteiger partial charge on any atom is 0.322 e. The third-order valence-electron chi connectivity index (χ3n) is 2.91. The van der Waals surface area contributed by atoms with Crippen molar-refractivity contribution in [2.45, 2.75) is 20.4 Å². The second-order valence-corrected chi connectivity index (χ2v) is 5.51. The van der Waals surface area contributed by atoms with E-state index in [0.29, 0.717) is 10.2 Å². The van der Waals surface area contributed by atoms with Crippen molar-refractivity contribution in [2.75, 3.05) is 6.54 Å². The number of aliphatic carboxylic acids is 1. The van der Waals surface area contributed by atoms with Gasteiger partial charge in [0.1, 0.15) is 17.9 Å². The number of hydrogen-bond acceptors (Lipinski definition) is 5. The van der Waals surface area contributed by atoms with Gasteiger partial charge in [0.25, 0.3) is 5.56 Å². The molecule has 0 aliphatic rings. The lowest BCUT2D eigenvalue weighted by Crippen LogP contribution is -2.35. The number of carbonyl (C=O) groups excluding carboxylic acids is 1. The molecular weight excluding hydrogens is 282 g/mol. The number of aromatic nitrogens is 2. The highest BCUT2D eigenvalue weighted by atomic mass is 32.1. The normalized spacial score (nSPS) is 10.7. The molecule has 2 N–H and O–H groups in total. The average Bonchev–Trinajstić information content (AvgIpc) is 2.67. The Morgan fingerprint density at radius 3 is 2.80 bits per heavy atom. The van der Waals surface area contributed by atoms with Gasteiger partial charge in [-0.25, -0.2) is 4.98 Å². The molecular formula is C12H13N3O4S. The Bertz CT molecular complexity index is 747. The lowest BCUT2D eigenvalue weighted by Gasteiger charge is -2.05. The summed E-state index contributed by atoms with van der Waals surface area (Å²) in [5, 5.41) is 11.2. The molecule has 1 amide bonds. The summed E-state index contributed by atoms with van der Waals surface area (Å²) in [4.78, 5) is 40.0. The standard InChI is InChI=1S/C12H13N3O4S/c1-6-7(2)20-11-10(6)12(19)15(5-14-11)4-8(16)13-3-9(17)18/h5H,3-4H2,1-2H3,(H,13,16)(H,17,18). The molecule has 20 heavy (non-hydrogen) atoms. The maximum atomic E-state index is 12.3. The van der Waals surface area contributed by atoms with Crippen LogP contribution in [0.4, 0.5) is 0 Å².